The zero-order valence-electron chi connectivity index (χ0n) is 18.9. The molecule has 0 radical (unpaired) electrons. The second kappa shape index (κ2) is 8.77. The van der Waals surface area contributed by atoms with E-state index < -0.39 is 17.5 Å². The first-order valence-electron chi connectivity index (χ1n) is 11.3. The summed E-state index contributed by atoms with van der Waals surface area (Å²) in [6.45, 7) is 1.63. The molecule has 1 aliphatic rings. The number of halogens is 1. The van der Waals surface area contributed by atoms with Crippen LogP contribution in [-0.2, 0) is 4.79 Å². The van der Waals surface area contributed by atoms with E-state index in [0.717, 1.165) is 22.8 Å². The molecule has 4 aromatic heterocycles. The predicted molar refractivity (Wildman–Crippen MR) is 130 cm³/mol. The quantitative estimate of drug-likeness (QED) is 0.307. The van der Waals surface area contributed by atoms with Gasteiger partial charge >= 0.3 is 0 Å². The Balaban J connectivity index is 1.24. The Morgan fingerprint density at radius 3 is 2.61 bits per heavy atom. The lowest BCUT2D eigenvalue weighted by molar-refractivity contribution is -0.126. The van der Waals surface area contributed by atoms with Gasteiger partial charge in [0.15, 0.2) is 11.6 Å². The second-order valence-electron chi connectivity index (χ2n) is 8.36. The fourth-order valence-electron chi connectivity index (χ4n) is 4.53. The van der Waals surface area contributed by atoms with Crippen LogP contribution in [0.1, 0.15) is 10.4 Å². The average Bonchev–Trinajstić information content (AvgIpc) is 3.39. The fraction of sp³-hybridized carbons (Fsp3) is 0.160. The zero-order valence-corrected chi connectivity index (χ0v) is 18.9. The Morgan fingerprint density at radius 2 is 1.81 bits per heavy atom. The van der Waals surface area contributed by atoms with Crippen LogP contribution in [0, 0.1) is 5.82 Å². The summed E-state index contributed by atoms with van der Waals surface area (Å²) in [5, 5.41) is 10.4. The maximum absolute atomic E-state index is 14.8. The number of carbonyl (C=O) groups is 2. The maximum atomic E-state index is 14.8. The standard InChI is InChI=1S/C25H19FN8O2/c26-18-13-30-21(19-14-27-5-6-28-19)22-20(18)17(12-29-22)23(35)25(36)34-9-7-33(8-10-34)24-16-4-2-1-3-15(16)11-31-32-24/h1-6,11-14,29H,7-10H2. The lowest BCUT2D eigenvalue weighted by Gasteiger charge is -2.35. The van der Waals surface area contributed by atoms with Gasteiger partial charge in [-0.3, -0.25) is 19.6 Å². The number of nitrogens with one attached hydrogen (secondary N) is 1. The van der Waals surface area contributed by atoms with E-state index >= 15 is 0 Å². The number of nitrogens with zero attached hydrogens (tertiary/aromatic N) is 7. The van der Waals surface area contributed by atoms with Crippen molar-refractivity contribution < 1.29 is 14.0 Å². The fourth-order valence-corrected chi connectivity index (χ4v) is 4.53. The van der Waals surface area contributed by atoms with Crippen LogP contribution in [0.3, 0.4) is 0 Å². The maximum Gasteiger partial charge on any atom is 0.295 e. The van der Waals surface area contributed by atoms with Gasteiger partial charge in [-0.05, 0) is 0 Å². The van der Waals surface area contributed by atoms with Crippen molar-refractivity contribution in [3.63, 3.8) is 0 Å². The van der Waals surface area contributed by atoms with Crippen LogP contribution < -0.4 is 4.90 Å². The SMILES string of the molecule is O=C(C(=O)N1CCN(c2nncc3ccccc23)CC1)c1c[nH]c2c(-c3cnccn3)ncc(F)c12. The molecule has 1 N–H and O–H groups in total. The number of benzene rings is 1. The number of H-pyrrole nitrogens is 1. The summed E-state index contributed by atoms with van der Waals surface area (Å²) in [5.41, 5.74) is 1.01. The number of aromatic amines is 1. The molecule has 1 aromatic carbocycles. The molecule has 0 spiro atoms. The van der Waals surface area contributed by atoms with Gasteiger partial charge in [0.2, 0.25) is 0 Å². The molecule has 1 amide bonds. The van der Waals surface area contributed by atoms with Gasteiger partial charge in [0, 0.05) is 55.5 Å². The molecule has 178 valence electrons. The topological polar surface area (TPSA) is 121 Å². The van der Waals surface area contributed by atoms with Crippen LogP contribution in [-0.4, -0.2) is 72.9 Å². The Kier molecular flexibility index (Phi) is 5.29. The van der Waals surface area contributed by atoms with Gasteiger partial charge in [-0.2, -0.15) is 5.10 Å². The molecule has 0 saturated carbocycles. The minimum atomic E-state index is -0.783. The van der Waals surface area contributed by atoms with E-state index in [-0.39, 0.29) is 16.5 Å². The summed E-state index contributed by atoms with van der Waals surface area (Å²) < 4.78 is 14.8. The van der Waals surface area contributed by atoms with Crippen molar-refractivity contribution in [3.05, 3.63) is 72.8 Å². The second-order valence-corrected chi connectivity index (χ2v) is 8.36. The molecular formula is C25H19FN8O2. The normalized spacial score (nSPS) is 13.9. The van der Waals surface area contributed by atoms with Crippen LogP contribution in [0.15, 0.2) is 61.4 Å². The van der Waals surface area contributed by atoms with Crippen molar-refractivity contribution in [1.82, 2.24) is 35.0 Å². The van der Waals surface area contributed by atoms with E-state index in [1.54, 1.807) is 6.20 Å². The number of aromatic nitrogens is 6. The highest BCUT2D eigenvalue weighted by atomic mass is 19.1. The van der Waals surface area contributed by atoms with Crippen molar-refractivity contribution in [2.45, 2.75) is 0 Å². The van der Waals surface area contributed by atoms with Gasteiger partial charge in [-0.1, -0.05) is 24.3 Å². The number of hydrogen-bond donors (Lipinski definition) is 1. The van der Waals surface area contributed by atoms with E-state index in [2.05, 4.69) is 30.1 Å². The van der Waals surface area contributed by atoms with Gasteiger partial charge in [-0.25, -0.2) is 9.37 Å². The number of fused-ring (bicyclic) bond motifs is 2. The molecule has 1 aliphatic heterocycles. The highest BCUT2D eigenvalue weighted by Gasteiger charge is 2.30. The smallest absolute Gasteiger partial charge is 0.295 e. The lowest BCUT2D eigenvalue weighted by atomic mass is 10.1. The molecule has 0 bridgehead atoms. The van der Waals surface area contributed by atoms with Gasteiger partial charge in [0.1, 0.15) is 11.4 Å². The first kappa shape index (κ1) is 21.7. The number of carbonyl (C=O) groups excluding carboxylic acids is 2. The van der Waals surface area contributed by atoms with Crippen molar-refractivity contribution >= 4 is 39.2 Å². The summed E-state index contributed by atoms with van der Waals surface area (Å²) in [6, 6.07) is 7.83. The highest BCUT2D eigenvalue weighted by Crippen LogP contribution is 2.29. The number of ketones is 1. The third-order valence-corrected chi connectivity index (χ3v) is 6.32. The summed E-state index contributed by atoms with van der Waals surface area (Å²) in [5.74, 6) is -1.42. The van der Waals surface area contributed by atoms with Crippen molar-refractivity contribution in [2.75, 3.05) is 31.1 Å². The molecule has 0 unspecified atom stereocenters. The number of hydrogen-bond acceptors (Lipinski definition) is 8. The molecule has 0 aliphatic carbocycles. The van der Waals surface area contributed by atoms with Crippen molar-refractivity contribution in [2.24, 2.45) is 0 Å². The molecule has 5 aromatic rings. The van der Waals surface area contributed by atoms with Crippen molar-refractivity contribution in [1.29, 1.82) is 0 Å². The molecule has 1 fully saturated rings. The van der Waals surface area contributed by atoms with Gasteiger partial charge < -0.3 is 14.8 Å². The number of Topliss-reactive ketones (excluding diaryl/α,β-unsaturated/α-hetero) is 1. The number of pyridine rings is 1. The van der Waals surface area contributed by atoms with E-state index in [1.165, 1.54) is 29.7 Å². The molecule has 36 heavy (non-hydrogen) atoms. The molecule has 1 saturated heterocycles. The van der Waals surface area contributed by atoms with E-state index in [9.17, 15) is 14.0 Å². The highest BCUT2D eigenvalue weighted by molar-refractivity contribution is 6.45. The summed E-state index contributed by atoms with van der Waals surface area (Å²) in [7, 11) is 0. The van der Waals surface area contributed by atoms with Crippen LogP contribution in [0.4, 0.5) is 10.2 Å². The first-order valence-corrected chi connectivity index (χ1v) is 11.3. The van der Waals surface area contributed by atoms with Gasteiger partial charge in [0.05, 0.1) is 35.1 Å². The third kappa shape index (κ3) is 3.61. The average molecular weight is 482 g/mol. The summed E-state index contributed by atoms with van der Waals surface area (Å²) in [6.07, 6.45) is 8.58. The minimum absolute atomic E-state index is 0.00803. The largest absolute Gasteiger partial charge is 0.359 e. The molecule has 11 heteroatoms. The van der Waals surface area contributed by atoms with Crippen molar-refractivity contribution in [3.8, 4) is 11.4 Å². The Morgan fingerprint density at radius 1 is 0.972 bits per heavy atom. The van der Waals surface area contributed by atoms with E-state index in [0.29, 0.717) is 37.6 Å². The van der Waals surface area contributed by atoms with Crippen LogP contribution in [0.25, 0.3) is 33.1 Å². The Hall–Kier alpha value is -4.80. The van der Waals surface area contributed by atoms with Crippen LogP contribution >= 0.6 is 0 Å². The minimum Gasteiger partial charge on any atom is -0.359 e. The van der Waals surface area contributed by atoms with Crippen LogP contribution in [0.5, 0.6) is 0 Å². The molecule has 10 nitrogen and oxygen atoms in total. The third-order valence-electron chi connectivity index (χ3n) is 6.32. The summed E-state index contributed by atoms with van der Waals surface area (Å²) >= 11 is 0. The number of amides is 1. The number of piperazine rings is 1. The van der Waals surface area contributed by atoms with Crippen LogP contribution in [0.2, 0.25) is 0 Å². The first-order chi connectivity index (χ1) is 17.6. The van der Waals surface area contributed by atoms with E-state index in [1.807, 2.05) is 29.2 Å². The molecule has 0 atom stereocenters. The predicted octanol–water partition coefficient (Wildman–Crippen LogP) is 2.63. The zero-order chi connectivity index (χ0) is 24.6. The van der Waals surface area contributed by atoms with E-state index in [4.69, 9.17) is 0 Å². The lowest BCUT2D eigenvalue weighted by Crippen LogP contribution is -2.51. The monoisotopic (exact) mass is 482 g/mol. The molecular weight excluding hydrogens is 463 g/mol. The number of rotatable bonds is 4. The Labute approximate surface area is 203 Å². The number of anilines is 1. The Bertz CT molecular complexity index is 1610. The molecule has 5 heterocycles. The summed E-state index contributed by atoms with van der Waals surface area (Å²) in [4.78, 5) is 45.1. The van der Waals surface area contributed by atoms with Gasteiger partial charge in [0.25, 0.3) is 11.7 Å². The van der Waals surface area contributed by atoms with Gasteiger partial charge in [-0.15, -0.1) is 5.10 Å². The molecule has 6 rings (SSSR count).